The molecule has 6 heteroatoms. The van der Waals surface area contributed by atoms with Gasteiger partial charge < -0.3 is 9.47 Å². The van der Waals surface area contributed by atoms with Crippen molar-refractivity contribution in [2.24, 2.45) is 11.8 Å². The minimum absolute atomic E-state index is 0.0357. The van der Waals surface area contributed by atoms with Crippen LogP contribution in [0.1, 0.15) is 60.5 Å². The maximum atomic E-state index is 14.6. The van der Waals surface area contributed by atoms with Crippen LogP contribution >= 0.6 is 0 Å². The van der Waals surface area contributed by atoms with Crippen molar-refractivity contribution in [2.75, 3.05) is 0 Å². The largest absolute Gasteiger partial charge is 0.490 e. The highest BCUT2D eigenvalue weighted by molar-refractivity contribution is 5.99. The fourth-order valence-corrected chi connectivity index (χ4v) is 5.28. The number of carbonyl (C=O) groups is 1. The van der Waals surface area contributed by atoms with E-state index in [2.05, 4.69) is 18.9 Å². The molecule has 3 aromatic carbocycles. The summed E-state index contributed by atoms with van der Waals surface area (Å²) in [7, 11) is 0. The molecule has 0 aromatic heterocycles. The number of carbonyl (C=O) groups excluding carboxylic acids is 1. The topological polar surface area (TPSA) is 38.8 Å². The number of amides is 1. The number of hydrogen-bond acceptors (Lipinski definition) is 3. The lowest BCUT2D eigenvalue weighted by Gasteiger charge is -2.32. The molecule has 0 spiro atoms. The first-order valence-electron chi connectivity index (χ1n) is 13.2. The van der Waals surface area contributed by atoms with Crippen molar-refractivity contribution in [3.8, 4) is 23.5 Å². The van der Waals surface area contributed by atoms with Crippen LogP contribution in [-0.2, 0) is 13.2 Å². The van der Waals surface area contributed by atoms with E-state index in [1.807, 2.05) is 30.3 Å². The van der Waals surface area contributed by atoms with E-state index in [-0.39, 0.29) is 42.6 Å². The number of rotatable bonds is 7. The number of hydrogen-bond donors (Lipinski definition) is 0. The number of benzene rings is 3. The summed E-state index contributed by atoms with van der Waals surface area (Å²) in [4.78, 5) is 14.5. The number of halogens is 2. The molecule has 1 saturated carbocycles. The van der Waals surface area contributed by atoms with Crippen molar-refractivity contribution in [1.82, 2.24) is 4.90 Å². The van der Waals surface area contributed by atoms with Crippen molar-refractivity contribution < 1.29 is 23.0 Å². The van der Waals surface area contributed by atoms with Crippen molar-refractivity contribution in [1.29, 1.82) is 0 Å². The van der Waals surface area contributed by atoms with E-state index in [4.69, 9.17) is 9.47 Å². The van der Waals surface area contributed by atoms with E-state index < -0.39 is 5.82 Å². The highest BCUT2D eigenvalue weighted by Gasteiger charge is 2.30. The van der Waals surface area contributed by atoms with Gasteiger partial charge in [-0.3, -0.25) is 9.69 Å². The van der Waals surface area contributed by atoms with E-state index in [1.165, 1.54) is 29.2 Å². The van der Waals surface area contributed by atoms with Crippen LogP contribution in [0.2, 0.25) is 0 Å². The van der Waals surface area contributed by atoms with Crippen LogP contribution < -0.4 is 9.47 Å². The number of nitrogens with zero attached hydrogens (tertiary/aromatic N) is 1. The summed E-state index contributed by atoms with van der Waals surface area (Å²) in [5.41, 5.74) is 1.98. The molecule has 5 rings (SSSR count). The Balaban J connectivity index is 1.16. The van der Waals surface area contributed by atoms with Gasteiger partial charge in [-0.1, -0.05) is 49.2 Å². The first-order valence-corrected chi connectivity index (χ1v) is 13.2. The molecule has 1 unspecified atom stereocenters. The van der Waals surface area contributed by atoms with E-state index >= 15 is 0 Å². The Morgan fingerprint density at radius 3 is 2.53 bits per heavy atom. The first kappa shape index (κ1) is 25.8. The summed E-state index contributed by atoms with van der Waals surface area (Å²) in [6.07, 6.45) is 4.66. The Labute approximate surface area is 222 Å². The summed E-state index contributed by atoms with van der Waals surface area (Å²) < 4.78 is 39.9. The third-order valence-corrected chi connectivity index (χ3v) is 7.39. The van der Waals surface area contributed by atoms with Gasteiger partial charge >= 0.3 is 0 Å². The second-order valence-corrected chi connectivity index (χ2v) is 10.00. The Bertz CT molecular complexity index is 1340. The zero-order valence-electron chi connectivity index (χ0n) is 21.5. The molecular weight excluding hydrogens is 484 g/mol. The van der Waals surface area contributed by atoms with Crippen molar-refractivity contribution >= 4 is 5.91 Å². The van der Waals surface area contributed by atoms with Crippen molar-refractivity contribution in [3.63, 3.8) is 0 Å². The molecule has 0 radical (unpaired) electrons. The second kappa shape index (κ2) is 11.7. The Morgan fingerprint density at radius 1 is 1.00 bits per heavy atom. The Morgan fingerprint density at radius 2 is 1.79 bits per heavy atom. The van der Waals surface area contributed by atoms with Crippen LogP contribution in [0.3, 0.4) is 0 Å². The summed E-state index contributed by atoms with van der Waals surface area (Å²) in [5.74, 6) is 3.49. The molecule has 1 amide bonds. The standard InChI is InChI=1S/C32H31F2NO3/c1-2-30(38-27-10-6-9-26(33)18-27)24-13-11-22(12-14-24)15-16-35-20-25-17-29(34)31(19-28(25)32(35)36)37-21-23-7-4-3-5-8-23/h3-10,17-19,22,24,30H,2,11-14,20-21H2,1H3. The third kappa shape index (κ3) is 5.99. The maximum absolute atomic E-state index is 14.6. The lowest BCUT2D eigenvalue weighted by atomic mass is 9.79. The monoisotopic (exact) mass is 515 g/mol. The molecule has 0 saturated heterocycles. The fourth-order valence-electron chi connectivity index (χ4n) is 5.28. The molecule has 4 nitrogen and oxygen atoms in total. The quantitative estimate of drug-likeness (QED) is 0.315. The molecule has 1 atom stereocenters. The van der Waals surface area contributed by atoms with Gasteiger partial charge in [0.25, 0.3) is 5.91 Å². The van der Waals surface area contributed by atoms with Crippen LogP contribution in [0.4, 0.5) is 8.78 Å². The average Bonchev–Trinajstić information content (AvgIpc) is 3.24. The lowest BCUT2D eigenvalue weighted by Crippen LogP contribution is -2.30. The normalized spacial score (nSPS) is 19.3. The highest BCUT2D eigenvalue weighted by Crippen LogP contribution is 2.34. The zero-order valence-corrected chi connectivity index (χ0v) is 21.5. The molecule has 1 heterocycles. The molecule has 0 N–H and O–H groups in total. The van der Waals surface area contributed by atoms with Gasteiger partial charge in [0.1, 0.15) is 24.3 Å². The molecule has 2 aliphatic rings. The summed E-state index contributed by atoms with van der Waals surface area (Å²) >= 11 is 0. The van der Waals surface area contributed by atoms with Gasteiger partial charge in [-0.15, -0.1) is 0 Å². The first-order chi connectivity index (χ1) is 18.5. The maximum Gasteiger partial charge on any atom is 0.266 e. The molecule has 196 valence electrons. The van der Waals surface area contributed by atoms with Crippen LogP contribution in [0.15, 0.2) is 66.7 Å². The number of ether oxygens (including phenoxy) is 2. The van der Waals surface area contributed by atoms with Gasteiger partial charge in [-0.2, -0.15) is 0 Å². The van der Waals surface area contributed by atoms with E-state index in [0.717, 1.165) is 37.7 Å². The van der Waals surface area contributed by atoms with Gasteiger partial charge in [-0.05, 0) is 73.4 Å². The summed E-state index contributed by atoms with van der Waals surface area (Å²) in [5, 5.41) is 0. The highest BCUT2D eigenvalue weighted by atomic mass is 19.1. The Kier molecular flexibility index (Phi) is 7.93. The van der Waals surface area contributed by atoms with Gasteiger partial charge in [0, 0.05) is 23.6 Å². The minimum atomic E-state index is -0.480. The van der Waals surface area contributed by atoms with Crippen LogP contribution in [0.25, 0.3) is 0 Å². The van der Waals surface area contributed by atoms with E-state index in [1.54, 1.807) is 12.1 Å². The number of fused-ring (bicyclic) bond motifs is 1. The molecule has 1 fully saturated rings. The molecule has 1 aliphatic heterocycles. The molecular formula is C32H31F2NO3. The van der Waals surface area contributed by atoms with Crippen molar-refractivity contribution in [2.45, 2.75) is 58.3 Å². The zero-order chi connectivity index (χ0) is 26.5. The smallest absolute Gasteiger partial charge is 0.266 e. The summed E-state index contributed by atoms with van der Waals surface area (Å²) in [6.45, 7) is 2.59. The summed E-state index contributed by atoms with van der Waals surface area (Å²) in [6, 6.07) is 21.7. The second-order valence-electron chi connectivity index (χ2n) is 10.00. The van der Waals surface area contributed by atoms with E-state index in [9.17, 15) is 13.6 Å². The van der Waals surface area contributed by atoms with Crippen LogP contribution in [-0.4, -0.2) is 16.9 Å². The van der Waals surface area contributed by atoms with Gasteiger partial charge in [-0.25, -0.2) is 8.78 Å². The molecule has 3 aromatic rings. The van der Waals surface area contributed by atoms with Crippen molar-refractivity contribution in [3.05, 3.63) is 95.1 Å². The minimum Gasteiger partial charge on any atom is -0.490 e. The van der Waals surface area contributed by atoms with Gasteiger partial charge in [0.15, 0.2) is 11.6 Å². The average molecular weight is 516 g/mol. The SMILES string of the molecule is CCC(Oc1cccc(F)c1)C1CCC(C#CN2Cc3cc(F)c(OCc4ccccc4)cc3C2=O)CC1. The fraction of sp³-hybridized carbons (Fsp3) is 0.344. The third-order valence-electron chi connectivity index (χ3n) is 7.39. The van der Waals surface area contributed by atoms with Gasteiger partial charge in [0.2, 0.25) is 0 Å². The molecule has 38 heavy (non-hydrogen) atoms. The molecule has 1 aliphatic carbocycles. The predicted molar refractivity (Wildman–Crippen MR) is 141 cm³/mol. The van der Waals surface area contributed by atoms with E-state index in [0.29, 0.717) is 22.8 Å². The van der Waals surface area contributed by atoms with Crippen LogP contribution in [0.5, 0.6) is 11.5 Å². The predicted octanol–water partition coefficient (Wildman–Crippen LogP) is 7.12. The Hall–Kier alpha value is -3.85. The van der Waals surface area contributed by atoms with Gasteiger partial charge in [0.05, 0.1) is 6.54 Å². The van der Waals surface area contributed by atoms with Crippen LogP contribution in [0, 0.1) is 35.4 Å². The molecule has 0 bridgehead atoms. The lowest BCUT2D eigenvalue weighted by molar-refractivity contribution is 0.0853.